The first-order valence-electron chi connectivity index (χ1n) is 10.2. The number of aromatic hydroxyl groups is 1. The lowest BCUT2D eigenvalue weighted by Crippen LogP contribution is -1.94. The fourth-order valence-electron chi connectivity index (χ4n) is 2.73. The van der Waals surface area contributed by atoms with Gasteiger partial charge in [0.05, 0.1) is 11.3 Å². The van der Waals surface area contributed by atoms with Crippen LogP contribution in [-0.2, 0) is 0 Å². The Balaban J connectivity index is 0.000000163. The Kier molecular flexibility index (Phi) is 9.78. The Bertz CT molecular complexity index is 1470. The van der Waals surface area contributed by atoms with Crippen molar-refractivity contribution in [3.8, 4) is 17.2 Å². The van der Waals surface area contributed by atoms with Crippen LogP contribution in [0.1, 0.15) is 10.4 Å². The molecule has 5 aromatic rings. The standard InChI is InChI=1S/C13H7BrClNO.C7H5BrO2.C6H6ClNO/c14-9-3-1-8(2-4-9)13-16-11-7-10(15)5-6-12(11)17-13;8-6-3-1-5(2-4-6)7(9)10;7-4-1-2-6(9)5(8)3-4/h1-7H;1-4H,(H,9,10);1-3,9H,8H2. The molecule has 0 aliphatic carbocycles. The molecule has 0 atom stereocenters. The number of oxazole rings is 1. The van der Waals surface area contributed by atoms with Gasteiger partial charge < -0.3 is 20.4 Å². The molecule has 0 bridgehead atoms. The Labute approximate surface area is 233 Å². The van der Waals surface area contributed by atoms with E-state index in [1.165, 1.54) is 12.1 Å². The number of carboxylic acid groups (broad SMARTS) is 1. The molecule has 0 aliphatic rings. The van der Waals surface area contributed by atoms with Crippen LogP contribution in [0.2, 0.25) is 10.0 Å². The second-order valence-corrected chi connectivity index (χ2v) is 9.86. The van der Waals surface area contributed by atoms with Gasteiger partial charge in [0.15, 0.2) is 5.58 Å². The van der Waals surface area contributed by atoms with Crippen molar-refractivity contribution in [1.29, 1.82) is 0 Å². The topological polar surface area (TPSA) is 110 Å². The molecule has 36 heavy (non-hydrogen) atoms. The molecule has 184 valence electrons. The molecule has 5 rings (SSSR count). The Hall–Kier alpha value is -3.04. The fourth-order valence-corrected chi connectivity index (χ4v) is 3.61. The predicted octanol–water partition coefficient (Wildman–Crippen LogP) is 8.69. The summed E-state index contributed by atoms with van der Waals surface area (Å²) in [6, 6.07) is 24.3. The Morgan fingerprint density at radius 1 is 0.833 bits per heavy atom. The van der Waals surface area contributed by atoms with Gasteiger partial charge in [0, 0.05) is 24.6 Å². The molecule has 10 heteroatoms. The second kappa shape index (κ2) is 12.8. The number of benzene rings is 4. The molecule has 6 nitrogen and oxygen atoms in total. The molecule has 0 saturated heterocycles. The lowest BCUT2D eigenvalue weighted by Gasteiger charge is -1.95. The van der Waals surface area contributed by atoms with Crippen LogP contribution in [-0.4, -0.2) is 21.2 Å². The van der Waals surface area contributed by atoms with Crippen molar-refractivity contribution in [2.75, 3.05) is 5.73 Å². The third-order valence-electron chi connectivity index (χ3n) is 4.52. The van der Waals surface area contributed by atoms with E-state index in [2.05, 4.69) is 36.8 Å². The molecule has 1 aromatic heterocycles. The van der Waals surface area contributed by atoms with Crippen LogP contribution >= 0.6 is 55.1 Å². The number of nitrogen functional groups attached to an aromatic ring is 1. The molecule has 0 spiro atoms. The average Bonchev–Trinajstić information content (AvgIpc) is 3.26. The number of phenolic OH excluding ortho intramolecular Hbond substituents is 1. The van der Waals surface area contributed by atoms with Crippen LogP contribution in [0.4, 0.5) is 5.69 Å². The van der Waals surface area contributed by atoms with E-state index in [1.807, 2.05) is 30.3 Å². The number of anilines is 1. The van der Waals surface area contributed by atoms with Gasteiger partial charge in [-0.2, -0.15) is 0 Å². The molecule has 0 saturated carbocycles. The highest BCUT2D eigenvalue weighted by Gasteiger charge is 2.08. The minimum Gasteiger partial charge on any atom is -0.506 e. The normalized spacial score (nSPS) is 10.1. The quantitative estimate of drug-likeness (QED) is 0.130. The number of halogens is 4. The maximum atomic E-state index is 10.3. The number of hydrogen-bond donors (Lipinski definition) is 3. The van der Waals surface area contributed by atoms with Gasteiger partial charge in [-0.25, -0.2) is 9.78 Å². The summed E-state index contributed by atoms with van der Waals surface area (Å²) in [7, 11) is 0. The van der Waals surface area contributed by atoms with Crippen molar-refractivity contribution in [3.05, 3.63) is 109 Å². The van der Waals surface area contributed by atoms with E-state index < -0.39 is 5.97 Å². The minimum atomic E-state index is -0.896. The fraction of sp³-hybridized carbons (Fsp3) is 0. The summed E-state index contributed by atoms with van der Waals surface area (Å²) in [5.74, 6) is -0.221. The van der Waals surface area contributed by atoms with E-state index in [0.717, 1.165) is 25.6 Å². The Morgan fingerprint density at radius 3 is 1.94 bits per heavy atom. The minimum absolute atomic E-state index is 0.0689. The molecular formula is C26H18Br2Cl2N2O4. The zero-order valence-corrected chi connectivity index (χ0v) is 23.0. The van der Waals surface area contributed by atoms with E-state index in [9.17, 15) is 4.79 Å². The number of carboxylic acids is 1. The van der Waals surface area contributed by atoms with Crippen molar-refractivity contribution in [2.45, 2.75) is 0 Å². The number of nitrogens with two attached hydrogens (primary N) is 1. The van der Waals surface area contributed by atoms with Gasteiger partial charge in [0.2, 0.25) is 5.89 Å². The largest absolute Gasteiger partial charge is 0.506 e. The summed E-state index contributed by atoms with van der Waals surface area (Å²) in [4.78, 5) is 14.7. The molecule has 0 amide bonds. The molecular weight excluding hydrogens is 635 g/mol. The highest BCUT2D eigenvalue weighted by atomic mass is 79.9. The SMILES string of the molecule is Clc1ccc2oc(-c3ccc(Br)cc3)nc2c1.Nc1cc(Cl)ccc1O.O=C(O)c1ccc(Br)cc1. The summed E-state index contributed by atoms with van der Waals surface area (Å²) in [6.07, 6.45) is 0. The van der Waals surface area contributed by atoms with Crippen molar-refractivity contribution in [2.24, 2.45) is 0 Å². The molecule has 4 N–H and O–H groups in total. The molecule has 4 aromatic carbocycles. The number of fused-ring (bicyclic) bond motifs is 1. The van der Waals surface area contributed by atoms with Gasteiger partial charge >= 0.3 is 5.97 Å². The number of nitrogens with zero attached hydrogens (tertiary/aromatic N) is 1. The van der Waals surface area contributed by atoms with E-state index in [-0.39, 0.29) is 5.75 Å². The van der Waals surface area contributed by atoms with Crippen LogP contribution in [0.3, 0.4) is 0 Å². The van der Waals surface area contributed by atoms with E-state index >= 15 is 0 Å². The van der Waals surface area contributed by atoms with Gasteiger partial charge in [-0.05, 0) is 84.9 Å². The third kappa shape index (κ3) is 7.99. The maximum Gasteiger partial charge on any atom is 0.335 e. The number of carbonyl (C=O) groups is 1. The summed E-state index contributed by atoms with van der Waals surface area (Å²) < 4.78 is 7.58. The second-order valence-electron chi connectivity index (χ2n) is 7.15. The van der Waals surface area contributed by atoms with Crippen LogP contribution < -0.4 is 5.73 Å². The molecule has 0 aliphatic heterocycles. The molecule has 0 radical (unpaired) electrons. The van der Waals surface area contributed by atoms with Gasteiger partial charge in [-0.3, -0.25) is 0 Å². The molecule has 1 heterocycles. The van der Waals surface area contributed by atoms with Crippen LogP contribution in [0, 0.1) is 0 Å². The van der Waals surface area contributed by atoms with Gasteiger partial charge in [-0.1, -0.05) is 55.1 Å². The van der Waals surface area contributed by atoms with Crippen molar-refractivity contribution < 1.29 is 19.4 Å². The summed E-state index contributed by atoms with van der Waals surface area (Å²) >= 11 is 18.0. The van der Waals surface area contributed by atoms with Crippen molar-refractivity contribution >= 4 is 77.8 Å². The number of aromatic nitrogens is 1. The highest BCUT2D eigenvalue weighted by molar-refractivity contribution is 9.10. The monoisotopic (exact) mass is 650 g/mol. The van der Waals surface area contributed by atoms with Crippen molar-refractivity contribution in [3.63, 3.8) is 0 Å². The Morgan fingerprint density at radius 2 is 1.39 bits per heavy atom. The van der Waals surface area contributed by atoms with Gasteiger partial charge in [-0.15, -0.1) is 0 Å². The zero-order valence-electron chi connectivity index (χ0n) is 18.3. The van der Waals surface area contributed by atoms with Crippen LogP contribution in [0.5, 0.6) is 5.75 Å². The number of rotatable bonds is 2. The maximum absolute atomic E-state index is 10.3. The lowest BCUT2D eigenvalue weighted by molar-refractivity contribution is 0.0697. The van der Waals surface area contributed by atoms with E-state index in [0.29, 0.717) is 27.2 Å². The van der Waals surface area contributed by atoms with Gasteiger partial charge in [0.1, 0.15) is 11.3 Å². The first kappa shape index (κ1) is 27.5. The first-order valence-corrected chi connectivity index (χ1v) is 12.5. The highest BCUT2D eigenvalue weighted by Crippen LogP contribution is 2.27. The zero-order chi connectivity index (χ0) is 26.2. The van der Waals surface area contributed by atoms with Gasteiger partial charge in [0.25, 0.3) is 0 Å². The lowest BCUT2D eigenvalue weighted by atomic mass is 10.2. The van der Waals surface area contributed by atoms with E-state index in [1.54, 1.807) is 42.5 Å². The van der Waals surface area contributed by atoms with Crippen LogP contribution in [0.25, 0.3) is 22.6 Å². The number of phenols is 1. The third-order valence-corrected chi connectivity index (χ3v) is 6.05. The molecule has 0 unspecified atom stereocenters. The summed E-state index contributed by atoms with van der Waals surface area (Å²) in [5, 5.41) is 18.5. The number of aromatic carboxylic acids is 1. The van der Waals surface area contributed by atoms with Crippen molar-refractivity contribution in [1.82, 2.24) is 4.98 Å². The smallest absolute Gasteiger partial charge is 0.335 e. The number of hydrogen-bond acceptors (Lipinski definition) is 5. The summed E-state index contributed by atoms with van der Waals surface area (Å²) in [5.41, 5.74) is 8.36. The van der Waals surface area contributed by atoms with E-state index in [4.69, 9.17) is 43.6 Å². The molecule has 0 fully saturated rings. The average molecular weight is 653 g/mol. The first-order chi connectivity index (χ1) is 17.1. The van der Waals surface area contributed by atoms with Crippen LogP contribution in [0.15, 0.2) is 98.3 Å². The predicted molar refractivity (Wildman–Crippen MR) is 151 cm³/mol. The summed E-state index contributed by atoms with van der Waals surface area (Å²) in [6.45, 7) is 0.